The van der Waals surface area contributed by atoms with Crippen LogP contribution in [-0.2, 0) is 9.53 Å². The number of carboxylic acids is 1. The summed E-state index contributed by atoms with van der Waals surface area (Å²) >= 11 is 1.35. The van der Waals surface area contributed by atoms with Crippen molar-refractivity contribution in [2.24, 2.45) is 0 Å². The zero-order valence-electron chi connectivity index (χ0n) is 13.8. The fourth-order valence-corrected chi connectivity index (χ4v) is 2.43. The van der Waals surface area contributed by atoms with Crippen molar-refractivity contribution in [3.8, 4) is 0 Å². The molecule has 1 aromatic carbocycles. The van der Waals surface area contributed by atoms with Gasteiger partial charge in [-0.15, -0.1) is 11.3 Å². The minimum atomic E-state index is -0.998. The van der Waals surface area contributed by atoms with E-state index in [1.165, 1.54) is 24.5 Å². The zero-order chi connectivity index (χ0) is 17.9. The molecule has 0 saturated heterocycles. The summed E-state index contributed by atoms with van der Waals surface area (Å²) in [6.07, 6.45) is 3.53. The number of aromatic nitrogens is 1. The van der Waals surface area contributed by atoms with Crippen LogP contribution in [0.2, 0.25) is 0 Å². The van der Waals surface area contributed by atoms with Crippen molar-refractivity contribution in [3.05, 3.63) is 64.3 Å². The van der Waals surface area contributed by atoms with Gasteiger partial charge in [-0.05, 0) is 17.6 Å². The molecule has 1 N–H and O–H groups in total. The van der Waals surface area contributed by atoms with E-state index in [1.54, 1.807) is 0 Å². The van der Waals surface area contributed by atoms with Gasteiger partial charge in [-0.25, -0.2) is 14.2 Å². The molecular formula is C18H20FNO3S. The Morgan fingerprint density at radius 2 is 2.00 bits per heavy atom. The number of hydrogen-bond acceptors (Lipinski definition) is 4. The standard InChI is InChI=1S/C14H14FNS.C4H6O3/c1-10(2)13-9-17-14(16-13)12(15)8-11-6-4-3-5-7-11;1-7-3-2-4(5)6/h3-10H,1-2H3;2-3H,1H3,(H,5,6). The van der Waals surface area contributed by atoms with Crippen LogP contribution in [0, 0.1) is 0 Å². The van der Waals surface area contributed by atoms with Gasteiger partial charge in [-0.2, -0.15) is 0 Å². The van der Waals surface area contributed by atoms with Crippen LogP contribution in [0.4, 0.5) is 4.39 Å². The minimum absolute atomic E-state index is 0.270. The van der Waals surface area contributed by atoms with E-state index in [4.69, 9.17) is 5.11 Å². The molecule has 128 valence electrons. The Bertz CT molecular complexity index is 693. The quantitative estimate of drug-likeness (QED) is 0.612. The highest BCUT2D eigenvalue weighted by Crippen LogP contribution is 2.25. The van der Waals surface area contributed by atoms with Gasteiger partial charge in [0.1, 0.15) is 0 Å². The van der Waals surface area contributed by atoms with Crippen molar-refractivity contribution in [2.45, 2.75) is 19.8 Å². The first-order chi connectivity index (χ1) is 11.4. The third-order valence-corrected chi connectivity index (χ3v) is 3.63. The lowest BCUT2D eigenvalue weighted by Crippen LogP contribution is -1.87. The molecule has 2 aromatic rings. The van der Waals surface area contributed by atoms with Gasteiger partial charge in [0.15, 0.2) is 10.8 Å². The molecule has 6 heteroatoms. The molecule has 0 fully saturated rings. The van der Waals surface area contributed by atoms with Crippen LogP contribution >= 0.6 is 11.3 Å². The average Bonchev–Trinajstić information content (AvgIpc) is 3.05. The third-order valence-electron chi connectivity index (χ3n) is 2.76. The molecule has 0 aliphatic heterocycles. The minimum Gasteiger partial charge on any atom is -0.504 e. The lowest BCUT2D eigenvalue weighted by molar-refractivity contribution is -0.131. The van der Waals surface area contributed by atoms with Crippen molar-refractivity contribution in [2.75, 3.05) is 7.11 Å². The van der Waals surface area contributed by atoms with Gasteiger partial charge in [0, 0.05) is 5.38 Å². The summed E-state index contributed by atoms with van der Waals surface area (Å²) in [5, 5.41) is 10.2. The van der Waals surface area contributed by atoms with E-state index in [0.717, 1.165) is 23.6 Å². The highest BCUT2D eigenvalue weighted by Gasteiger charge is 2.09. The van der Waals surface area contributed by atoms with Crippen molar-refractivity contribution >= 4 is 29.2 Å². The normalized spacial score (nSPS) is 11.3. The molecule has 0 spiro atoms. The Morgan fingerprint density at radius 1 is 1.33 bits per heavy atom. The van der Waals surface area contributed by atoms with E-state index < -0.39 is 5.97 Å². The lowest BCUT2D eigenvalue weighted by atomic mass is 10.2. The van der Waals surface area contributed by atoms with Crippen molar-refractivity contribution in [1.82, 2.24) is 4.98 Å². The predicted molar refractivity (Wildman–Crippen MR) is 95.4 cm³/mol. The number of carboxylic acid groups (broad SMARTS) is 1. The zero-order valence-corrected chi connectivity index (χ0v) is 14.6. The highest BCUT2D eigenvalue weighted by atomic mass is 32.1. The Balaban J connectivity index is 0.000000351. The van der Waals surface area contributed by atoms with E-state index in [0.29, 0.717) is 10.9 Å². The van der Waals surface area contributed by atoms with Gasteiger partial charge < -0.3 is 9.84 Å². The molecule has 2 rings (SSSR count). The summed E-state index contributed by atoms with van der Waals surface area (Å²) in [4.78, 5) is 13.9. The topological polar surface area (TPSA) is 59.4 Å². The van der Waals surface area contributed by atoms with Gasteiger partial charge in [-0.1, -0.05) is 44.2 Å². The molecule has 0 saturated carbocycles. The number of nitrogens with zero attached hydrogens (tertiary/aromatic N) is 1. The molecule has 0 aliphatic carbocycles. The van der Waals surface area contributed by atoms with Crippen LogP contribution in [0.1, 0.15) is 36.0 Å². The molecule has 4 nitrogen and oxygen atoms in total. The fraction of sp³-hybridized carbons (Fsp3) is 0.222. The van der Waals surface area contributed by atoms with Crippen LogP contribution in [0.15, 0.2) is 48.0 Å². The molecule has 0 radical (unpaired) electrons. The molecule has 24 heavy (non-hydrogen) atoms. The summed E-state index contributed by atoms with van der Waals surface area (Å²) in [7, 11) is 1.39. The van der Waals surface area contributed by atoms with Crippen LogP contribution < -0.4 is 0 Å². The van der Waals surface area contributed by atoms with Gasteiger partial charge in [-0.3, -0.25) is 0 Å². The van der Waals surface area contributed by atoms with Gasteiger partial charge in [0.05, 0.1) is 25.1 Å². The number of thiazole rings is 1. The van der Waals surface area contributed by atoms with Crippen LogP contribution in [0.25, 0.3) is 11.9 Å². The highest BCUT2D eigenvalue weighted by molar-refractivity contribution is 7.10. The maximum atomic E-state index is 13.9. The summed E-state index contributed by atoms with van der Waals surface area (Å²) in [6.45, 7) is 4.11. The Morgan fingerprint density at radius 3 is 2.46 bits per heavy atom. The van der Waals surface area contributed by atoms with E-state index in [-0.39, 0.29) is 5.83 Å². The number of hydrogen-bond donors (Lipinski definition) is 1. The molecule has 0 atom stereocenters. The number of benzene rings is 1. The molecule has 1 heterocycles. The smallest absolute Gasteiger partial charge is 0.331 e. The number of carbonyl (C=O) groups is 1. The largest absolute Gasteiger partial charge is 0.504 e. The SMILES string of the molecule is CC(C)c1csc(C(F)=Cc2ccccc2)n1.COC=CC(=O)O. The summed E-state index contributed by atoms with van der Waals surface area (Å²) in [5.74, 6) is -0.931. The molecular weight excluding hydrogens is 329 g/mol. The maximum Gasteiger partial charge on any atom is 0.331 e. The number of rotatable bonds is 5. The second-order valence-corrected chi connectivity index (χ2v) is 5.87. The first-order valence-corrected chi connectivity index (χ1v) is 8.12. The van der Waals surface area contributed by atoms with Crippen molar-refractivity contribution < 1.29 is 19.0 Å². The van der Waals surface area contributed by atoms with Gasteiger partial charge >= 0.3 is 5.97 Å². The lowest BCUT2D eigenvalue weighted by Gasteiger charge is -1.97. The Hall–Kier alpha value is -2.47. The van der Waals surface area contributed by atoms with Crippen LogP contribution in [0.5, 0.6) is 0 Å². The second kappa shape index (κ2) is 10.3. The number of ether oxygens (including phenoxy) is 1. The molecule has 0 aliphatic rings. The molecule has 0 amide bonds. The first-order valence-electron chi connectivity index (χ1n) is 7.24. The van der Waals surface area contributed by atoms with Crippen LogP contribution in [0.3, 0.4) is 0 Å². The molecule has 0 bridgehead atoms. The second-order valence-electron chi connectivity index (χ2n) is 5.01. The van der Waals surface area contributed by atoms with Gasteiger partial charge in [0.25, 0.3) is 0 Å². The fourth-order valence-electron chi connectivity index (χ4n) is 1.54. The van der Waals surface area contributed by atoms with Crippen LogP contribution in [-0.4, -0.2) is 23.2 Å². The summed E-state index contributed by atoms with van der Waals surface area (Å²) < 4.78 is 18.2. The third kappa shape index (κ3) is 7.19. The van der Waals surface area contributed by atoms with E-state index >= 15 is 0 Å². The predicted octanol–water partition coefficient (Wildman–Crippen LogP) is 4.97. The monoisotopic (exact) mass is 349 g/mol. The number of halogens is 1. The molecule has 0 unspecified atom stereocenters. The average molecular weight is 349 g/mol. The Labute approximate surface area is 144 Å². The molecule has 1 aromatic heterocycles. The first kappa shape index (κ1) is 19.6. The number of methoxy groups -OCH3 is 1. The van der Waals surface area contributed by atoms with Gasteiger partial charge in [0.2, 0.25) is 0 Å². The maximum absolute atomic E-state index is 13.9. The number of aliphatic carboxylic acids is 1. The van der Waals surface area contributed by atoms with E-state index in [9.17, 15) is 9.18 Å². The van der Waals surface area contributed by atoms with Crippen molar-refractivity contribution in [3.63, 3.8) is 0 Å². The Kier molecular flexibility index (Phi) is 8.43. The summed E-state index contributed by atoms with van der Waals surface area (Å²) in [5.41, 5.74) is 1.80. The van der Waals surface area contributed by atoms with E-state index in [1.807, 2.05) is 35.7 Å². The van der Waals surface area contributed by atoms with Crippen molar-refractivity contribution in [1.29, 1.82) is 0 Å². The van der Waals surface area contributed by atoms with E-state index in [2.05, 4.69) is 23.6 Å². The summed E-state index contributed by atoms with van der Waals surface area (Å²) in [6, 6.07) is 9.43.